The largest absolute Gasteiger partial charge is 0.492 e. The molecular weight excluding hydrogens is 204 g/mol. The Morgan fingerprint density at radius 3 is 2.94 bits per heavy atom. The molecule has 1 aromatic rings. The van der Waals surface area contributed by atoms with E-state index in [1.54, 1.807) is 18.2 Å². The molecule has 0 radical (unpaired) electrons. The summed E-state index contributed by atoms with van der Waals surface area (Å²) < 4.78 is 5.49. The van der Waals surface area contributed by atoms with Gasteiger partial charge in [0.15, 0.2) is 0 Å². The lowest BCUT2D eigenvalue weighted by Crippen LogP contribution is -2.27. The Morgan fingerprint density at radius 1 is 1.44 bits per heavy atom. The molecule has 0 unspecified atom stereocenters. The van der Waals surface area contributed by atoms with Gasteiger partial charge in [-0.2, -0.15) is 5.26 Å². The predicted octanol–water partition coefficient (Wildman–Crippen LogP) is 0.861. The van der Waals surface area contributed by atoms with Crippen molar-refractivity contribution in [1.29, 1.82) is 5.26 Å². The van der Waals surface area contributed by atoms with Gasteiger partial charge in [0.2, 0.25) is 0 Å². The number of nitriles is 1. The average molecular weight is 220 g/mol. The van der Waals surface area contributed by atoms with E-state index in [4.69, 9.17) is 15.1 Å². The van der Waals surface area contributed by atoms with Crippen molar-refractivity contribution in [2.75, 3.05) is 33.4 Å². The topological polar surface area (TPSA) is 56.5 Å². The molecule has 0 saturated heterocycles. The molecule has 4 nitrogen and oxygen atoms in total. The van der Waals surface area contributed by atoms with E-state index in [-0.39, 0.29) is 6.61 Å². The van der Waals surface area contributed by atoms with E-state index in [1.807, 2.05) is 18.0 Å². The summed E-state index contributed by atoms with van der Waals surface area (Å²) in [7, 11) is 1.92. The van der Waals surface area contributed by atoms with Crippen LogP contribution in [0.5, 0.6) is 5.75 Å². The fourth-order valence-electron chi connectivity index (χ4n) is 1.26. The first-order valence-corrected chi connectivity index (χ1v) is 5.18. The lowest BCUT2D eigenvalue weighted by Gasteiger charge is -2.15. The smallest absolute Gasteiger partial charge is 0.120 e. The highest BCUT2D eigenvalue weighted by Gasteiger charge is 1.99. The van der Waals surface area contributed by atoms with Gasteiger partial charge < -0.3 is 14.7 Å². The monoisotopic (exact) mass is 220 g/mol. The maximum absolute atomic E-state index is 8.70. The number of hydrogen-bond donors (Lipinski definition) is 1. The van der Waals surface area contributed by atoms with E-state index in [9.17, 15) is 0 Å². The summed E-state index contributed by atoms with van der Waals surface area (Å²) in [5.41, 5.74) is 0.598. The molecule has 0 aliphatic rings. The summed E-state index contributed by atoms with van der Waals surface area (Å²) in [5.74, 6) is 0.705. The molecule has 0 bridgehead atoms. The minimum Gasteiger partial charge on any atom is -0.492 e. The molecule has 1 aromatic carbocycles. The van der Waals surface area contributed by atoms with Crippen molar-refractivity contribution in [3.8, 4) is 11.8 Å². The highest BCUT2D eigenvalue weighted by atomic mass is 16.5. The number of hydrogen-bond acceptors (Lipinski definition) is 4. The summed E-state index contributed by atoms with van der Waals surface area (Å²) in [6.45, 7) is 2.09. The molecule has 0 aromatic heterocycles. The normalized spacial score (nSPS) is 10.1. The van der Waals surface area contributed by atoms with Gasteiger partial charge in [-0.1, -0.05) is 6.07 Å². The van der Waals surface area contributed by atoms with Gasteiger partial charge in [-0.15, -0.1) is 0 Å². The lowest BCUT2D eigenvalue weighted by molar-refractivity contribution is 0.192. The third kappa shape index (κ3) is 4.30. The van der Waals surface area contributed by atoms with Crippen LogP contribution < -0.4 is 4.74 Å². The second-order valence-electron chi connectivity index (χ2n) is 3.51. The summed E-state index contributed by atoms with van der Waals surface area (Å²) >= 11 is 0. The highest BCUT2D eigenvalue weighted by molar-refractivity contribution is 5.36. The minimum atomic E-state index is 0.153. The molecule has 0 saturated carbocycles. The first-order chi connectivity index (χ1) is 7.76. The second-order valence-corrected chi connectivity index (χ2v) is 3.51. The number of aliphatic hydroxyl groups is 1. The van der Waals surface area contributed by atoms with Crippen LogP contribution in [0.15, 0.2) is 24.3 Å². The van der Waals surface area contributed by atoms with Crippen LogP contribution in [0, 0.1) is 11.3 Å². The van der Waals surface area contributed by atoms with Gasteiger partial charge >= 0.3 is 0 Å². The van der Waals surface area contributed by atoms with Crippen molar-refractivity contribution in [1.82, 2.24) is 4.90 Å². The maximum Gasteiger partial charge on any atom is 0.120 e. The molecular formula is C12H16N2O2. The molecule has 0 spiro atoms. The van der Waals surface area contributed by atoms with E-state index in [1.165, 1.54) is 0 Å². The lowest BCUT2D eigenvalue weighted by atomic mass is 10.2. The van der Waals surface area contributed by atoms with E-state index >= 15 is 0 Å². The van der Waals surface area contributed by atoms with Gasteiger partial charge in [0, 0.05) is 13.1 Å². The Bertz CT molecular complexity index is 360. The first kappa shape index (κ1) is 12.5. The van der Waals surface area contributed by atoms with Crippen molar-refractivity contribution < 1.29 is 9.84 Å². The summed E-state index contributed by atoms with van der Waals surface area (Å²) in [4.78, 5) is 1.98. The number of benzene rings is 1. The molecule has 1 rings (SSSR count). The quantitative estimate of drug-likeness (QED) is 0.772. The van der Waals surface area contributed by atoms with Crippen molar-refractivity contribution in [2.45, 2.75) is 0 Å². The van der Waals surface area contributed by atoms with Gasteiger partial charge in [-0.05, 0) is 25.2 Å². The molecule has 1 N–H and O–H groups in total. The van der Waals surface area contributed by atoms with Gasteiger partial charge in [-0.3, -0.25) is 0 Å². The number of aliphatic hydroxyl groups excluding tert-OH is 1. The van der Waals surface area contributed by atoms with Crippen molar-refractivity contribution in [2.24, 2.45) is 0 Å². The second kappa shape index (κ2) is 6.83. The van der Waals surface area contributed by atoms with Crippen LogP contribution in [0.3, 0.4) is 0 Å². The fraction of sp³-hybridized carbons (Fsp3) is 0.417. The Labute approximate surface area is 95.7 Å². The molecule has 0 aliphatic carbocycles. The highest BCUT2D eigenvalue weighted by Crippen LogP contribution is 2.12. The third-order valence-corrected chi connectivity index (χ3v) is 2.19. The van der Waals surface area contributed by atoms with Crippen LogP contribution in [-0.4, -0.2) is 43.4 Å². The Balaban J connectivity index is 2.34. The molecule has 0 amide bonds. The third-order valence-electron chi connectivity index (χ3n) is 2.19. The van der Waals surface area contributed by atoms with Crippen molar-refractivity contribution >= 4 is 0 Å². The Morgan fingerprint density at radius 2 is 2.25 bits per heavy atom. The zero-order chi connectivity index (χ0) is 11.8. The molecule has 4 heteroatoms. The van der Waals surface area contributed by atoms with Crippen LogP contribution in [-0.2, 0) is 0 Å². The molecule has 0 heterocycles. The maximum atomic E-state index is 8.70. The molecule has 16 heavy (non-hydrogen) atoms. The van der Waals surface area contributed by atoms with Gasteiger partial charge in [0.25, 0.3) is 0 Å². The van der Waals surface area contributed by atoms with Crippen molar-refractivity contribution in [3.63, 3.8) is 0 Å². The summed E-state index contributed by atoms with van der Waals surface area (Å²) in [5, 5.41) is 17.4. The molecule has 0 aliphatic heterocycles. The van der Waals surface area contributed by atoms with Gasteiger partial charge in [0.1, 0.15) is 12.4 Å². The number of ether oxygens (including phenoxy) is 1. The van der Waals surface area contributed by atoms with E-state index < -0.39 is 0 Å². The van der Waals surface area contributed by atoms with Crippen LogP contribution in [0.1, 0.15) is 5.56 Å². The standard InChI is InChI=1S/C12H16N2O2/c1-14(5-7-15)6-8-16-12-4-2-3-11(9-12)10-13/h2-4,9,15H,5-8H2,1H3. The van der Waals surface area contributed by atoms with Gasteiger partial charge in [-0.25, -0.2) is 0 Å². The zero-order valence-corrected chi connectivity index (χ0v) is 9.39. The number of rotatable bonds is 6. The van der Waals surface area contributed by atoms with Crippen LogP contribution >= 0.6 is 0 Å². The number of nitrogens with zero attached hydrogens (tertiary/aromatic N) is 2. The van der Waals surface area contributed by atoms with Crippen LogP contribution in [0.25, 0.3) is 0 Å². The molecule has 86 valence electrons. The Kier molecular flexibility index (Phi) is 5.34. The minimum absolute atomic E-state index is 0.153. The average Bonchev–Trinajstić information content (AvgIpc) is 2.30. The van der Waals surface area contributed by atoms with E-state index in [0.29, 0.717) is 24.5 Å². The van der Waals surface area contributed by atoms with Crippen LogP contribution in [0.2, 0.25) is 0 Å². The predicted molar refractivity (Wildman–Crippen MR) is 61.2 cm³/mol. The SMILES string of the molecule is CN(CCO)CCOc1cccc(C#N)c1. The fourth-order valence-corrected chi connectivity index (χ4v) is 1.26. The van der Waals surface area contributed by atoms with E-state index in [2.05, 4.69) is 6.07 Å². The van der Waals surface area contributed by atoms with Gasteiger partial charge in [0.05, 0.1) is 18.2 Å². The van der Waals surface area contributed by atoms with E-state index in [0.717, 1.165) is 6.54 Å². The van der Waals surface area contributed by atoms with Crippen LogP contribution in [0.4, 0.5) is 0 Å². The summed E-state index contributed by atoms with van der Waals surface area (Å²) in [6.07, 6.45) is 0. The molecule has 0 atom stereocenters. The first-order valence-electron chi connectivity index (χ1n) is 5.18. The molecule has 0 fully saturated rings. The summed E-state index contributed by atoms with van der Waals surface area (Å²) in [6, 6.07) is 9.14. The zero-order valence-electron chi connectivity index (χ0n) is 9.39. The van der Waals surface area contributed by atoms with Crippen molar-refractivity contribution in [3.05, 3.63) is 29.8 Å². The number of likely N-dealkylation sites (N-methyl/N-ethyl adjacent to an activating group) is 1. The Hall–Kier alpha value is -1.57.